The van der Waals surface area contributed by atoms with Crippen LogP contribution in [0.1, 0.15) is 122 Å². The number of hydrogen-bond donors (Lipinski definition) is 3. The first-order chi connectivity index (χ1) is 28.0. The van der Waals surface area contributed by atoms with Gasteiger partial charge in [0.25, 0.3) is 5.91 Å². The van der Waals surface area contributed by atoms with Gasteiger partial charge in [-0.2, -0.15) is 0 Å². The number of benzene rings is 2. The van der Waals surface area contributed by atoms with E-state index in [-0.39, 0.29) is 60.9 Å². The number of Topliss-reactive ketones (excluding diaryl/α,β-unsaturated/α-hetero) is 1. The van der Waals surface area contributed by atoms with Crippen LogP contribution in [0.2, 0.25) is 0 Å². The Morgan fingerprint density at radius 3 is 2.59 bits per heavy atom. The number of amides is 5. The number of unbranched alkanes of at least 4 members (excludes halogenated alkanes) is 2. The third kappa shape index (κ3) is 8.17. The summed E-state index contributed by atoms with van der Waals surface area (Å²) < 4.78 is 5.72. The predicted molar refractivity (Wildman–Crippen MR) is 217 cm³/mol. The molecule has 0 spiro atoms. The van der Waals surface area contributed by atoms with E-state index in [1.54, 1.807) is 55.6 Å². The smallest absolute Gasteiger partial charge is 0.255 e. The van der Waals surface area contributed by atoms with Gasteiger partial charge in [0.05, 0.1) is 19.3 Å². The zero-order valence-electron chi connectivity index (χ0n) is 33.4. The monoisotopic (exact) mass is 792 g/mol. The molecule has 1 saturated heterocycles. The number of ketones is 1. The van der Waals surface area contributed by atoms with Crippen LogP contribution >= 0.6 is 0 Å². The molecule has 7 rings (SSSR count). The summed E-state index contributed by atoms with van der Waals surface area (Å²) in [6.07, 6.45) is 10.3. The number of methoxy groups -OCH3 is 1. The molecule has 2 fully saturated rings. The fourth-order valence-corrected chi connectivity index (χ4v) is 8.77. The average Bonchev–Trinajstić information content (AvgIpc) is 3.87. The van der Waals surface area contributed by atoms with Crippen molar-refractivity contribution in [2.75, 3.05) is 29.3 Å². The molecule has 2 aromatic carbocycles. The van der Waals surface area contributed by atoms with E-state index in [0.717, 1.165) is 42.8 Å². The lowest BCUT2D eigenvalue weighted by molar-refractivity contribution is -0.137. The Bertz CT molecular complexity index is 2120. The third-order valence-corrected chi connectivity index (χ3v) is 12.0. The quantitative estimate of drug-likeness (QED) is 0.112. The SMILES string of the molecule is CC[C@@H]1C(=O)N(C)c2cnc(Cc3ccc(C(=O)CCCCC[C@@H](N)C(=O)Nc4cccc5c4CN(C4CCC(=O)NC4=O)C5=O)cc3OC)nc2N1C1CCCC1. The molecule has 0 radical (unpaired) electrons. The highest BCUT2D eigenvalue weighted by atomic mass is 16.5. The standard InChI is InChI=1S/C43H52N8O7/c1-4-32-43(57)49(2)34-23-45-37(47-39(34)51(32)27-11-8-9-12-27)22-26-18-17-25(21-36(26)58-3)35(52)16-7-5-6-14-30(44)40(54)46-31-15-10-13-28-29(31)24-50(42(28)56)33-19-20-38(53)48-41(33)55/h10,13,15,17-18,21,23,27,30,32-33H,4-9,11-12,14,16,19-20,22,24,44H2,1-3H3,(H,46,54)(H,48,53,55)/t30-,32-,33?/m1/s1. The maximum atomic E-state index is 13.3. The Kier molecular flexibility index (Phi) is 12.2. The number of carbonyl (C=O) groups excluding carboxylic acids is 6. The summed E-state index contributed by atoms with van der Waals surface area (Å²) in [5.41, 5.74) is 9.85. The van der Waals surface area contributed by atoms with Crippen LogP contribution < -0.4 is 30.9 Å². The average molecular weight is 793 g/mol. The maximum Gasteiger partial charge on any atom is 0.255 e. The van der Waals surface area contributed by atoms with Crippen LogP contribution in [-0.4, -0.2) is 88.5 Å². The zero-order chi connectivity index (χ0) is 41.1. The van der Waals surface area contributed by atoms with Gasteiger partial charge in [-0.15, -0.1) is 0 Å². The molecular formula is C43H52N8O7. The van der Waals surface area contributed by atoms with Crippen molar-refractivity contribution in [3.63, 3.8) is 0 Å². The van der Waals surface area contributed by atoms with Crippen LogP contribution in [-0.2, 0) is 32.1 Å². The molecule has 1 aliphatic carbocycles. The highest BCUT2D eigenvalue weighted by Crippen LogP contribution is 2.40. The number of likely N-dealkylation sites (N-methyl/N-ethyl adjacent to an activating group) is 1. The number of anilines is 3. The summed E-state index contributed by atoms with van der Waals surface area (Å²) in [6, 6.07) is 8.96. The Hall–Kier alpha value is -5.70. The lowest BCUT2D eigenvalue weighted by Crippen LogP contribution is -2.55. The van der Waals surface area contributed by atoms with E-state index in [1.807, 2.05) is 13.0 Å². The Morgan fingerprint density at radius 2 is 1.84 bits per heavy atom. The molecule has 1 saturated carbocycles. The molecule has 3 aliphatic heterocycles. The van der Waals surface area contributed by atoms with E-state index >= 15 is 0 Å². The highest BCUT2D eigenvalue weighted by molar-refractivity contribution is 6.07. The second-order valence-corrected chi connectivity index (χ2v) is 15.7. The van der Waals surface area contributed by atoms with Gasteiger partial charge in [0, 0.05) is 66.8 Å². The number of fused-ring (bicyclic) bond motifs is 2. The summed E-state index contributed by atoms with van der Waals surface area (Å²) >= 11 is 0. The second-order valence-electron chi connectivity index (χ2n) is 15.7. The number of hydrogen-bond acceptors (Lipinski definition) is 11. The Morgan fingerprint density at radius 1 is 1.05 bits per heavy atom. The molecule has 1 aromatic heterocycles. The van der Waals surface area contributed by atoms with Crippen LogP contribution in [0, 0.1) is 0 Å². The number of piperidine rings is 1. The van der Waals surface area contributed by atoms with Crippen molar-refractivity contribution in [1.29, 1.82) is 0 Å². The van der Waals surface area contributed by atoms with Crippen molar-refractivity contribution in [2.24, 2.45) is 5.73 Å². The number of nitrogens with zero attached hydrogens (tertiary/aromatic N) is 5. The van der Waals surface area contributed by atoms with Gasteiger partial charge in [0.15, 0.2) is 11.6 Å². The maximum absolute atomic E-state index is 13.3. The summed E-state index contributed by atoms with van der Waals surface area (Å²) in [4.78, 5) is 91.8. The van der Waals surface area contributed by atoms with Crippen LogP contribution in [0.25, 0.3) is 0 Å². The molecule has 4 aliphatic rings. The Labute approximate surface area is 338 Å². The van der Waals surface area contributed by atoms with Gasteiger partial charge in [-0.3, -0.25) is 34.1 Å². The molecule has 15 nitrogen and oxygen atoms in total. The zero-order valence-corrected chi connectivity index (χ0v) is 33.4. The fourth-order valence-electron chi connectivity index (χ4n) is 8.77. The van der Waals surface area contributed by atoms with E-state index < -0.39 is 18.0 Å². The molecule has 4 N–H and O–H groups in total. The molecule has 5 amide bonds. The lowest BCUT2D eigenvalue weighted by Gasteiger charge is -2.43. The first-order valence-corrected chi connectivity index (χ1v) is 20.4. The molecule has 1 unspecified atom stereocenters. The minimum Gasteiger partial charge on any atom is -0.496 e. The number of rotatable bonds is 15. The lowest BCUT2D eigenvalue weighted by atomic mass is 10.00. The van der Waals surface area contributed by atoms with Crippen molar-refractivity contribution in [1.82, 2.24) is 20.2 Å². The summed E-state index contributed by atoms with van der Waals surface area (Å²) in [5.74, 6) is 0.488. The molecule has 15 heteroatoms. The number of imide groups is 1. The van der Waals surface area contributed by atoms with Crippen molar-refractivity contribution < 1.29 is 33.5 Å². The largest absolute Gasteiger partial charge is 0.496 e. The van der Waals surface area contributed by atoms with E-state index in [2.05, 4.69) is 20.5 Å². The van der Waals surface area contributed by atoms with Crippen LogP contribution in [0.5, 0.6) is 5.75 Å². The van der Waals surface area contributed by atoms with Gasteiger partial charge < -0.3 is 30.5 Å². The number of carbonyl (C=O) groups is 6. The summed E-state index contributed by atoms with van der Waals surface area (Å²) in [7, 11) is 3.37. The highest BCUT2D eigenvalue weighted by Gasteiger charge is 2.42. The van der Waals surface area contributed by atoms with E-state index in [0.29, 0.717) is 78.9 Å². The number of aromatic nitrogens is 2. The second kappa shape index (κ2) is 17.4. The minimum atomic E-state index is -0.798. The van der Waals surface area contributed by atoms with Crippen molar-refractivity contribution in [3.05, 3.63) is 70.7 Å². The van der Waals surface area contributed by atoms with Crippen LogP contribution in [0.4, 0.5) is 17.2 Å². The summed E-state index contributed by atoms with van der Waals surface area (Å²) in [6.45, 7) is 2.18. The third-order valence-electron chi connectivity index (χ3n) is 12.0. The Balaban J connectivity index is 0.900. The van der Waals surface area contributed by atoms with Crippen molar-refractivity contribution in [3.8, 4) is 5.75 Å². The number of ether oxygens (including phenoxy) is 1. The molecule has 58 heavy (non-hydrogen) atoms. The minimum absolute atomic E-state index is 0.0127. The number of nitrogens with two attached hydrogens (primary N) is 1. The summed E-state index contributed by atoms with van der Waals surface area (Å²) in [5, 5.41) is 5.16. The van der Waals surface area contributed by atoms with Gasteiger partial charge in [-0.25, -0.2) is 9.97 Å². The molecule has 3 atom stereocenters. The van der Waals surface area contributed by atoms with Gasteiger partial charge in [0.1, 0.15) is 29.3 Å². The van der Waals surface area contributed by atoms with Gasteiger partial charge >= 0.3 is 0 Å². The van der Waals surface area contributed by atoms with Gasteiger partial charge in [-0.05, 0) is 56.7 Å². The topological polar surface area (TPSA) is 197 Å². The van der Waals surface area contributed by atoms with E-state index in [9.17, 15) is 28.8 Å². The van der Waals surface area contributed by atoms with Gasteiger partial charge in [0.2, 0.25) is 23.6 Å². The normalized spacial score (nSPS) is 19.9. The van der Waals surface area contributed by atoms with Crippen molar-refractivity contribution in [2.45, 2.75) is 121 Å². The fraction of sp³-hybridized carbons (Fsp3) is 0.488. The van der Waals surface area contributed by atoms with Crippen molar-refractivity contribution >= 4 is 52.5 Å². The molecule has 4 heterocycles. The molecule has 306 valence electrons. The van der Waals surface area contributed by atoms with E-state index in [1.165, 1.54) is 4.90 Å². The molecule has 3 aromatic rings. The molecule has 0 bridgehead atoms. The molecular weight excluding hydrogens is 741 g/mol. The first-order valence-electron chi connectivity index (χ1n) is 20.4. The predicted octanol–water partition coefficient (Wildman–Crippen LogP) is 4.44. The first kappa shape index (κ1) is 40.5. The van der Waals surface area contributed by atoms with Gasteiger partial charge in [-0.1, -0.05) is 50.8 Å². The number of nitrogens with one attached hydrogen (secondary N) is 2. The van der Waals surface area contributed by atoms with Crippen LogP contribution in [0.15, 0.2) is 42.6 Å². The van der Waals surface area contributed by atoms with E-state index in [4.69, 9.17) is 15.5 Å². The van der Waals surface area contributed by atoms with Crippen LogP contribution in [0.3, 0.4) is 0 Å².